The molecule has 23 heavy (non-hydrogen) atoms. The van der Waals surface area contributed by atoms with Gasteiger partial charge in [-0.3, -0.25) is 4.79 Å². The summed E-state index contributed by atoms with van der Waals surface area (Å²) < 4.78 is 48.0. The number of rotatable bonds is 3. The van der Waals surface area contributed by atoms with Crippen molar-refractivity contribution in [3.8, 4) is 5.88 Å². The Kier molecular flexibility index (Phi) is 3.97. The van der Waals surface area contributed by atoms with Gasteiger partial charge in [0.05, 0.1) is 18.4 Å². The third-order valence-corrected chi connectivity index (χ3v) is 3.52. The number of halogens is 3. The first-order valence-corrected chi connectivity index (χ1v) is 6.96. The molecule has 1 saturated heterocycles. The maximum Gasteiger partial charge on any atom is 0.417 e. The monoisotopic (exact) mass is 326 g/mol. The molecule has 0 unspecified atom stereocenters. The molecule has 3 rings (SSSR count). The third kappa shape index (κ3) is 3.46. The SMILES string of the molecule is O=C(c1ccco1)N1CC[C@H](Oc2ccc(C(F)(F)F)cn2)C1. The summed E-state index contributed by atoms with van der Waals surface area (Å²) in [4.78, 5) is 17.3. The van der Waals surface area contributed by atoms with Crippen LogP contribution in [0.2, 0.25) is 0 Å². The lowest BCUT2D eigenvalue weighted by atomic mass is 10.3. The van der Waals surface area contributed by atoms with Crippen molar-refractivity contribution in [2.45, 2.75) is 18.7 Å². The molecular weight excluding hydrogens is 313 g/mol. The molecule has 1 atom stereocenters. The fourth-order valence-corrected chi connectivity index (χ4v) is 2.35. The van der Waals surface area contributed by atoms with Gasteiger partial charge in [0.25, 0.3) is 5.91 Å². The van der Waals surface area contributed by atoms with E-state index < -0.39 is 11.7 Å². The number of pyridine rings is 1. The van der Waals surface area contributed by atoms with E-state index in [1.165, 1.54) is 12.3 Å². The van der Waals surface area contributed by atoms with E-state index in [0.717, 1.165) is 12.3 Å². The predicted molar refractivity (Wildman–Crippen MR) is 72.9 cm³/mol. The first kappa shape index (κ1) is 15.4. The fraction of sp³-hybridized carbons (Fsp3) is 0.333. The van der Waals surface area contributed by atoms with Gasteiger partial charge in [0.2, 0.25) is 5.88 Å². The molecule has 1 aliphatic rings. The second kappa shape index (κ2) is 5.94. The highest BCUT2D eigenvalue weighted by atomic mass is 19.4. The fourth-order valence-electron chi connectivity index (χ4n) is 2.35. The molecule has 0 aromatic carbocycles. The Labute approximate surface area is 129 Å². The molecule has 122 valence electrons. The van der Waals surface area contributed by atoms with Gasteiger partial charge >= 0.3 is 6.18 Å². The minimum atomic E-state index is -4.43. The summed E-state index contributed by atoms with van der Waals surface area (Å²) in [5.74, 6) is 0.120. The van der Waals surface area contributed by atoms with Gasteiger partial charge in [-0.15, -0.1) is 0 Å². The lowest BCUT2D eigenvalue weighted by molar-refractivity contribution is -0.137. The number of ether oxygens (including phenoxy) is 1. The van der Waals surface area contributed by atoms with Crippen molar-refractivity contribution in [3.63, 3.8) is 0 Å². The number of nitrogens with zero attached hydrogens (tertiary/aromatic N) is 2. The number of hydrogen-bond donors (Lipinski definition) is 0. The minimum absolute atomic E-state index is 0.107. The molecule has 0 saturated carbocycles. The molecule has 8 heteroatoms. The Morgan fingerprint density at radius 3 is 2.78 bits per heavy atom. The maximum atomic E-state index is 12.5. The van der Waals surface area contributed by atoms with E-state index in [1.807, 2.05) is 0 Å². The number of hydrogen-bond acceptors (Lipinski definition) is 4. The van der Waals surface area contributed by atoms with Crippen molar-refractivity contribution in [1.29, 1.82) is 0 Å². The molecule has 1 fully saturated rings. The van der Waals surface area contributed by atoms with Gasteiger partial charge in [-0.2, -0.15) is 13.2 Å². The first-order chi connectivity index (χ1) is 10.9. The van der Waals surface area contributed by atoms with Crippen molar-refractivity contribution in [2.75, 3.05) is 13.1 Å². The van der Waals surface area contributed by atoms with E-state index >= 15 is 0 Å². The van der Waals surface area contributed by atoms with Gasteiger partial charge in [-0.25, -0.2) is 4.98 Å². The molecule has 0 aliphatic carbocycles. The minimum Gasteiger partial charge on any atom is -0.472 e. The summed E-state index contributed by atoms with van der Waals surface area (Å²) in [6.45, 7) is 0.826. The van der Waals surface area contributed by atoms with E-state index in [-0.39, 0.29) is 23.7 Å². The van der Waals surface area contributed by atoms with Crippen LogP contribution in [0, 0.1) is 0 Å². The van der Waals surface area contributed by atoms with Crippen molar-refractivity contribution in [3.05, 3.63) is 48.0 Å². The van der Waals surface area contributed by atoms with Crippen LogP contribution in [0.1, 0.15) is 22.5 Å². The molecule has 0 radical (unpaired) electrons. The van der Waals surface area contributed by atoms with Gasteiger partial charge in [0.1, 0.15) is 6.10 Å². The maximum absolute atomic E-state index is 12.5. The topological polar surface area (TPSA) is 55.6 Å². The Balaban J connectivity index is 1.59. The van der Waals surface area contributed by atoms with E-state index in [4.69, 9.17) is 9.15 Å². The summed E-state index contributed by atoms with van der Waals surface area (Å²) in [5.41, 5.74) is -0.828. The van der Waals surface area contributed by atoms with Crippen molar-refractivity contribution < 1.29 is 27.1 Å². The van der Waals surface area contributed by atoms with E-state index in [9.17, 15) is 18.0 Å². The highest BCUT2D eigenvalue weighted by Crippen LogP contribution is 2.29. The number of carbonyl (C=O) groups is 1. The van der Waals surface area contributed by atoms with Crippen LogP contribution in [-0.2, 0) is 6.18 Å². The smallest absolute Gasteiger partial charge is 0.417 e. The second-order valence-corrected chi connectivity index (χ2v) is 5.14. The predicted octanol–water partition coefficient (Wildman–Crippen LogP) is 2.99. The van der Waals surface area contributed by atoms with Gasteiger partial charge < -0.3 is 14.1 Å². The van der Waals surface area contributed by atoms with E-state index in [0.29, 0.717) is 19.5 Å². The standard InChI is InChI=1S/C15H13F3N2O3/c16-15(17,18)10-3-4-13(19-8-10)23-11-5-6-20(9-11)14(21)12-2-1-7-22-12/h1-4,7-8,11H,5-6,9H2/t11-/m0/s1. The quantitative estimate of drug-likeness (QED) is 0.870. The van der Waals surface area contributed by atoms with Gasteiger partial charge in [-0.1, -0.05) is 0 Å². The van der Waals surface area contributed by atoms with Crippen molar-refractivity contribution in [2.24, 2.45) is 0 Å². The number of aromatic nitrogens is 1. The zero-order valence-corrected chi connectivity index (χ0v) is 11.9. The summed E-state index contributed by atoms with van der Waals surface area (Å²) in [6, 6.07) is 5.31. The Hall–Kier alpha value is -2.51. The second-order valence-electron chi connectivity index (χ2n) is 5.14. The Bertz CT molecular complexity index is 668. The summed E-state index contributed by atoms with van der Waals surface area (Å²) in [5, 5.41) is 0. The molecule has 3 heterocycles. The summed E-state index contributed by atoms with van der Waals surface area (Å²) >= 11 is 0. The van der Waals surface area contributed by atoms with Crippen molar-refractivity contribution >= 4 is 5.91 Å². The van der Waals surface area contributed by atoms with Crippen LogP contribution in [0.15, 0.2) is 41.1 Å². The van der Waals surface area contributed by atoms with Crippen LogP contribution in [-0.4, -0.2) is 35.0 Å². The molecule has 2 aromatic heterocycles. The summed E-state index contributed by atoms with van der Waals surface area (Å²) in [6.07, 6.45) is -2.00. The largest absolute Gasteiger partial charge is 0.472 e. The lowest BCUT2D eigenvalue weighted by Gasteiger charge is -2.16. The molecule has 1 aliphatic heterocycles. The normalized spacial score (nSPS) is 18.2. The highest BCUT2D eigenvalue weighted by molar-refractivity contribution is 5.91. The van der Waals surface area contributed by atoms with Crippen LogP contribution in [0.25, 0.3) is 0 Å². The van der Waals surface area contributed by atoms with E-state index in [2.05, 4.69) is 4.98 Å². The molecule has 1 amide bonds. The molecule has 2 aromatic rings. The number of alkyl halides is 3. The number of furan rings is 1. The molecule has 0 bridgehead atoms. The molecule has 0 spiro atoms. The van der Waals surface area contributed by atoms with Gasteiger partial charge in [0, 0.05) is 25.2 Å². The Morgan fingerprint density at radius 1 is 1.35 bits per heavy atom. The summed E-state index contributed by atoms with van der Waals surface area (Å²) in [7, 11) is 0. The van der Waals surface area contributed by atoms with Crippen LogP contribution in [0.3, 0.4) is 0 Å². The van der Waals surface area contributed by atoms with Crippen LogP contribution in [0.4, 0.5) is 13.2 Å². The third-order valence-electron chi connectivity index (χ3n) is 3.52. The lowest BCUT2D eigenvalue weighted by Crippen LogP contribution is -2.30. The zero-order chi connectivity index (χ0) is 16.4. The van der Waals surface area contributed by atoms with E-state index in [1.54, 1.807) is 17.0 Å². The molecule has 0 N–H and O–H groups in total. The number of carbonyl (C=O) groups excluding carboxylic acids is 1. The number of amides is 1. The first-order valence-electron chi connectivity index (χ1n) is 6.96. The van der Waals surface area contributed by atoms with Crippen LogP contribution < -0.4 is 4.74 Å². The van der Waals surface area contributed by atoms with Gasteiger partial charge in [0.15, 0.2) is 5.76 Å². The average Bonchev–Trinajstić information content (AvgIpc) is 3.18. The number of likely N-dealkylation sites (tertiary alicyclic amines) is 1. The highest BCUT2D eigenvalue weighted by Gasteiger charge is 2.32. The zero-order valence-electron chi connectivity index (χ0n) is 11.9. The Morgan fingerprint density at radius 2 is 2.17 bits per heavy atom. The van der Waals surface area contributed by atoms with Gasteiger partial charge in [-0.05, 0) is 18.2 Å². The molecular formula is C15H13F3N2O3. The van der Waals surface area contributed by atoms with Crippen LogP contribution >= 0.6 is 0 Å². The van der Waals surface area contributed by atoms with Crippen LogP contribution in [0.5, 0.6) is 5.88 Å². The molecule has 5 nitrogen and oxygen atoms in total. The van der Waals surface area contributed by atoms with Crippen molar-refractivity contribution in [1.82, 2.24) is 9.88 Å². The average molecular weight is 326 g/mol.